The van der Waals surface area contributed by atoms with Gasteiger partial charge in [0.05, 0.1) is 24.4 Å². The Morgan fingerprint density at radius 1 is 1.03 bits per heavy atom. The third-order valence-electron chi connectivity index (χ3n) is 4.35. The molecule has 1 aliphatic heterocycles. The molecule has 0 atom stereocenters. The van der Waals surface area contributed by atoms with Crippen molar-refractivity contribution < 1.29 is 22.6 Å². The fourth-order valence-electron chi connectivity index (χ4n) is 2.88. The summed E-state index contributed by atoms with van der Waals surface area (Å²) in [6.07, 6.45) is -3.87. The lowest BCUT2D eigenvalue weighted by molar-refractivity contribution is -0.144. The Kier molecular flexibility index (Phi) is 4.96. The molecule has 0 bridgehead atoms. The third kappa shape index (κ3) is 4.08. The minimum absolute atomic E-state index is 0.0170. The minimum atomic E-state index is -4.66. The standard InChI is InChI=1S/C20H17F3N4O2/c1-12(13-7-8-16-17(11-13)29-10-4-9-28-16)26-27-18-14-5-2-3-6-15(14)24-19(25-18)20(21,22)23/h2-3,5-8,11H,4,9-10H2,1H3,(H,24,25,27)/b26-12-. The van der Waals surface area contributed by atoms with Gasteiger partial charge in [-0.1, -0.05) is 12.1 Å². The van der Waals surface area contributed by atoms with Crippen LogP contribution < -0.4 is 14.9 Å². The van der Waals surface area contributed by atoms with Crippen LogP contribution in [0, 0.1) is 0 Å². The normalized spacial score (nSPS) is 14.6. The number of rotatable bonds is 3. The number of alkyl halides is 3. The quantitative estimate of drug-likeness (QED) is 0.510. The van der Waals surface area contributed by atoms with Crippen molar-refractivity contribution in [3.8, 4) is 11.5 Å². The maximum atomic E-state index is 13.1. The van der Waals surface area contributed by atoms with Gasteiger partial charge in [0.1, 0.15) is 0 Å². The van der Waals surface area contributed by atoms with Crippen LogP contribution in [0.25, 0.3) is 10.9 Å². The van der Waals surface area contributed by atoms with Crippen LogP contribution >= 0.6 is 0 Å². The molecule has 1 aromatic heterocycles. The highest BCUT2D eigenvalue weighted by Crippen LogP contribution is 2.32. The van der Waals surface area contributed by atoms with Crippen LogP contribution in [-0.2, 0) is 6.18 Å². The van der Waals surface area contributed by atoms with Crippen LogP contribution in [0.2, 0.25) is 0 Å². The third-order valence-corrected chi connectivity index (χ3v) is 4.35. The molecule has 0 spiro atoms. The molecule has 1 N–H and O–H groups in total. The van der Waals surface area contributed by atoms with Crippen LogP contribution in [0.15, 0.2) is 47.6 Å². The van der Waals surface area contributed by atoms with Crippen molar-refractivity contribution in [1.29, 1.82) is 0 Å². The molecule has 2 aromatic carbocycles. The fraction of sp³-hybridized carbons (Fsp3) is 0.250. The van der Waals surface area contributed by atoms with Gasteiger partial charge in [-0.3, -0.25) is 5.43 Å². The van der Waals surface area contributed by atoms with Crippen molar-refractivity contribution in [2.24, 2.45) is 5.10 Å². The van der Waals surface area contributed by atoms with Gasteiger partial charge in [-0.05, 0) is 37.3 Å². The van der Waals surface area contributed by atoms with Gasteiger partial charge in [0.2, 0.25) is 5.82 Å². The number of fused-ring (bicyclic) bond motifs is 2. The Labute approximate surface area is 164 Å². The summed E-state index contributed by atoms with van der Waals surface area (Å²) >= 11 is 0. The number of nitrogens with one attached hydrogen (secondary N) is 1. The highest BCUT2D eigenvalue weighted by molar-refractivity contribution is 6.00. The van der Waals surface area contributed by atoms with Crippen molar-refractivity contribution in [3.05, 3.63) is 53.9 Å². The van der Waals surface area contributed by atoms with E-state index >= 15 is 0 Å². The van der Waals surface area contributed by atoms with Gasteiger partial charge in [0.15, 0.2) is 17.3 Å². The summed E-state index contributed by atoms with van der Waals surface area (Å²) in [6, 6.07) is 11.8. The van der Waals surface area contributed by atoms with Crippen molar-refractivity contribution >= 4 is 22.4 Å². The molecule has 0 saturated carbocycles. The van der Waals surface area contributed by atoms with E-state index in [-0.39, 0.29) is 11.3 Å². The molecule has 4 rings (SSSR count). The van der Waals surface area contributed by atoms with Gasteiger partial charge < -0.3 is 9.47 Å². The zero-order valence-electron chi connectivity index (χ0n) is 15.5. The second-order valence-electron chi connectivity index (χ2n) is 6.43. The van der Waals surface area contributed by atoms with Gasteiger partial charge in [0.25, 0.3) is 0 Å². The summed E-state index contributed by atoms with van der Waals surface area (Å²) in [6.45, 7) is 2.88. The predicted octanol–water partition coefficient (Wildman–Crippen LogP) is 4.65. The molecule has 29 heavy (non-hydrogen) atoms. The van der Waals surface area contributed by atoms with E-state index in [0.29, 0.717) is 35.8 Å². The maximum absolute atomic E-state index is 13.1. The molecule has 150 valence electrons. The number of nitrogens with zero attached hydrogens (tertiary/aromatic N) is 3. The highest BCUT2D eigenvalue weighted by atomic mass is 19.4. The molecular formula is C20H17F3N4O2. The summed E-state index contributed by atoms with van der Waals surface area (Å²) in [5.41, 5.74) is 4.14. The first-order chi connectivity index (χ1) is 13.9. The molecule has 0 radical (unpaired) electrons. The van der Waals surface area contributed by atoms with Crippen LogP contribution in [0.3, 0.4) is 0 Å². The number of hydrazone groups is 1. The molecule has 0 unspecified atom stereocenters. The molecule has 0 aliphatic carbocycles. The Morgan fingerprint density at radius 3 is 2.59 bits per heavy atom. The zero-order valence-corrected chi connectivity index (χ0v) is 15.5. The van der Waals surface area contributed by atoms with Crippen LogP contribution in [-0.4, -0.2) is 28.9 Å². The Morgan fingerprint density at radius 2 is 1.79 bits per heavy atom. The van der Waals surface area contributed by atoms with Gasteiger partial charge in [0, 0.05) is 17.4 Å². The number of halogens is 3. The molecule has 0 fully saturated rings. The number of aromatic nitrogens is 2. The van der Waals surface area contributed by atoms with Crippen LogP contribution in [0.4, 0.5) is 19.0 Å². The summed E-state index contributed by atoms with van der Waals surface area (Å²) in [4.78, 5) is 7.22. The molecule has 3 aromatic rings. The first kappa shape index (κ1) is 19.0. The smallest absolute Gasteiger partial charge is 0.451 e. The number of hydrogen-bond acceptors (Lipinski definition) is 6. The molecule has 9 heteroatoms. The largest absolute Gasteiger partial charge is 0.490 e. The summed E-state index contributed by atoms with van der Waals surface area (Å²) in [7, 11) is 0. The Bertz CT molecular complexity index is 1080. The molecule has 0 amide bonds. The fourth-order valence-corrected chi connectivity index (χ4v) is 2.88. The van der Waals surface area contributed by atoms with E-state index in [0.717, 1.165) is 12.0 Å². The molecule has 1 aliphatic rings. The van der Waals surface area contributed by atoms with Crippen LogP contribution in [0.1, 0.15) is 24.7 Å². The van der Waals surface area contributed by atoms with Gasteiger partial charge in [-0.2, -0.15) is 18.3 Å². The topological polar surface area (TPSA) is 68.6 Å². The first-order valence-electron chi connectivity index (χ1n) is 8.96. The zero-order chi connectivity index (χ0) is 20.4. The Balaban J connectivity index is 1.66. The average Bonchev–Trinajstić information content (AvgIpc) is 2.95. The average molecular weight is 402 g/mol. The maximum Gasteiger partial charge on any atom is 0.451 e. The monoisotopic (exact) mass is 402 g/mol. The van der Waals surface area contributed by atoms with Crippen molar-refractivity contribution in [2.45, 2.75) is 19.5 Å². The van der Waals surface area contributed by atoms with E-state index in [2.05, 4.69) is 20.5 Å². The number of benzene rings is 2. The van der Waals surface area contributed by atoms with Crippen molar-refractivity contribution in [3.63, 3.8) is 0 Å². The SMILES string of the molecule is C/C(=N/Nc1nc(C(F)(F)F)nc2ccccc12)c1ccc2c(c1)OCCCO2. The molecule has 2 heterocycles. The van der Waals surface area contributed by atoms with E-state index in [4.69, 9.17) is 9.47 Å². The number of para-hydroxylation sites is 1. The minimum Gasteiger partial charge on any atom is -0.490 e. The summed E-state index contributed by atoms with van der Waals surface area (Å²) in [5, 5.41) is 4.66. The van der Waals surface area contributed by atoms with Gasteiger partial charge >= 0.3 is 6.18 Å². The lowest BCUT2D eigenvalue weighted by atomic mass is 10.1. The summed E-state index contributed by atoms with van der Waals surface area (Å²) < 4.78 is 50.7. The number of ether oxygens (including phenoxy) is 2. The predicted molar refractivity (Wildman–Crippen MR) is 102 cm³/mol. The van der Waals surface area contributed by atoms with E-state index in [1.807, 2.05) is 6.07 Å². The second kappa shape index (κ2) is 7.57. The van der Waals surface area contributed by atoms with E-state index < -0.39 is 12.0 Å². The first-order valence-corrected chi connectivity index (χ1v) is 8.96. The van der Waals surface area contributed by atoms with E-state index in [9.17, 15) is 13.2 Å². The highest BCUT2D eigenvalue weighted by Gasteiger charge is 2.35. The number of hydrogen-bond donors (Lipinski definition) is 1. The lowest BCUT2D eigenvalue weighted by Crippen LogP contribution is -2.13. The molecule has 6 nitrogen and oxygen atoms in total. The lowest BCUT2D eigenvalue weighted by Gasteiger charge is -2.11. The summed E-state index contributed by atoms with van der Waals surface area (Å²) in [5.74, 6) is 0.0313. The van der Waals surface area contributed by atoms with Crippen molar-refractivity contribution in [1.82, 2.24) is 9.97 Å². The van der Waals surface area contributed by atoms with Crippen LogP contribution in [0.5, 0.6) is 11.5 Å². The molecular weight excluding hydrogens is 385 g/mol. The second-order valence-corrected chi connectivity index (χ2v) is 6.43. The van der Waals surface area contributed by atoms with Gasteiger partial charge in [-0.15, -0.1) is 0 Å². The van der Waals surface area contributed by atoms with E-state index in [1.165, 1.54) is 6.07 Å². The van der Waals surface area contributed by atoms with E-state index in [1.54, 1.807) is 37.3 Å². The van der Waals surface area contributed by atoms with Gasteiger partial charge in [-0.25, -0.2) is 9.97 Å². The number of anilines is 1. The van der Waals surface area contributed by atoms with Crippen molar-refractivity contribution in [2.75, 3.05) is 18.6 Å². The Hall–Kier alpha value is -3.36. The molecule has 0 saturated heterocycles.